The maximum absolute atomic E-state index is 13.6. The molecule has 0 unspecified atom stereocenters. The van der Waals surface area contributed by atoms with Gasteiger partial charge in [-0.2, -0.15) is 0 Å². The molecular formula is C60H82N4O10. The minimum Gasteiger partial charge on any atom is -0.493 e. The number of nitrogens with one attached hydrogen (secondary N) is 4. The summed E-state index contributed by atoms with van der Waals surface area (Å²) in [7, 11) is 0. The third-order valence-electron chi connectivity index (χ3n) is 12.5. The first-order valence-electron chi connectivity index (χ1n) is 27.4. The molecule has 0 atom stereocenters. The van der Waals surface area contributed by atoms with Crippen LogP contribution in [-0.4, -0.2) is 61.1 Å². The Hall–Kier alpha value is -6.57. The molecule has 74 heavy (non-hydrogen) atoms. The van der Waals surface area contributed by atoms with Crippen molar-refractivity contribution < 1.29 is 48.0 Å². The summed E-state index contributed by atoms with van der Waals surface area (Å²) < 4.78 is 27.2. The lowest BCUT2D eigenvalue weighted by Crippen LogP contribution is -2.16. The van der Waals surface area contributed by atoms with Gasteiger partial charge < -0.3 is 45.3 Å². The fourth-order valence-electron chi connectivity index (χ4n) is 9.04. The first-order chi connectivity index (χ1) is 35.8. The van der Waals surface area contributed by atoms with E-state index in [0.29, 0.717) is 111 Å². The molecule has 14 nitrogen and oxygen atoms in total. The molecule has 5 rings (SSSR count). The van der Waals surface area contributed by atoms with Crippen LogP contribution >= 0.6 is 0 Å². The van der Waals surface area contributed by atoms with Crippen molar-refractivity contribution in [2.24, 2.45) is 0 Å². The standard InChI is InChI=1S/C60H82N4O10/c1-8-15-19-52(65)61-48-32-40-28-42-34-49(62-53(66)20-16-9-2)36-44(58(42)72-25-12-5)30-46-38-51(64-55(68)22-18-23-56(69)70)39-47(60(46)74-27-14-7)31-45-37-50(63-54(67)21-17-10-3)35-43(59(45)73-26-13-6)29-41(33-48)57(40)71-24-11-4/h32-39H,8-31H2,1-7H3,(H,61,65)(H,62,66)(H,63,67)(H,64,68)(H,69,70). The van der Waals surface area contributed by atoms with Crippen LogP contribution in [0.5, 0.6) is 23.0 Å². The highest BCUT2D eigenvalue weighted by molar-refractivity contribution is 5.93. The van der Waals surface area contributed by atoms with Gasteiger partial charge >= 0.3 is 5.97 Å². The summed E-state index contributed by atoms with van der Waals surface area (Å²) in [4.78, 5) is 65.7. The van der Waals surface area contributed by atoms with Gasteiger partial charge in [-0.05, 0) is 99.9 Å². The topological polar surface area (TPSA) is 191 Å². The highest BCUT2D eigenvalue weighted by atomic mass is 16.5. The van der Waals surface area contributed by atoms with Gasteiger partial charge in [0.05, 0.1) is 26.4 Å². The number of ether oxygens (including phenoxy) is 4. The van der Waals surface area contributed by atoms with Crippen molar-refractivity contribution in [1.82, 2.24) is 0 Å². The van der Waals surface area contributed by atoms with Gasteiger partial charge in [-0.3, -0.25) is 24.0 Å². The van der Waals surface area contributed by atoms with E-state index in [0.717, 1.165) is 102 Å². The van der Waals surface area contributed by atoms with Crippen molar-refractivity contribution in [3.8, 4) is 23.0 Å². The van der Waals surface area contributed by atoms with Crippen LogP contribution in [0.25, 0.3) is 0 Å². The predicted octanol–water partition coefficient (Wildman–Crippen LogP) is 13.1. The second kappa shape index (κ2) is 30.6. The molecule has 0 fully saturated rings. The first kappa shape index (κ1) is 58.3. The minimum atomic E-state index is -0.973. The van der Waals surface area contributed by atoms with Crippen LogP contribution in [-0.2, 0) is 49.7 Å². The molecule has 8 bridgehead atoms. The molecule has 0 saturated heterocycles. The minimum absolute atomic E-state index is 0.00950. The van der Waals surface area contributed by atoms with E-state index in [1.807, 2.05) is 55.5 Å². The Morgan fingerprint density at radius 2 is 0.568 bits per heavy atom. The zero-order chi connectivity index (χ0) is 53.4. The van der Waals surface area contributed by atoms with Crippen LogP contribution in [0, 0.1) is 0 Å². The average Bonchev–Trinajstić information content (AvgIpc) is 3.35. The zero-order valence-electron chi connectivity index (χ0n) is 45.2. The largest absolute Gasteiger partial charge is 0.493 e. The van der Waals surface area contributed by atoms with E-state index in [9.17, 15) is 29.1 Å². The molecule has 4 aromatic carbocycles. The summed E-state index contributed by atoms with van der Waals surface area (Å²) in [5.74, 6) is 0.952. The number of fused-ring (bicyclic) bond motifs is 8. The maximum Gasteiger partial charge on any atom is 0.303 e. The van der Waals surface area contributed by atoms with Gasteiger partial charge in [0.2, 0.25) is 23.6 Å². The molecule has 4 amide bonds. The number of anilines is 4. The molecule has 1 aliphatic rings. The van der Waals surface area contributed by atoms with Crippen molar-refractivity contribution in [2.75, 3.05) is 47.7 Å². The lowest BCUT2D eigenvalue weighted by atomic mass is 9.90. The summed E-state index contributed by atoms with van der Waals surface area (Å²) >= 11 is 0. The number of hydrogen-bond donors (Lipinski definition) is 5. The Morgan fingerprint density at radius 3 is 0.757 bits per heavy atom. The number of carbonyl (C=O) groups is 5. The molecule has 0 radical (unpaired) electrons. The number of carboxylic acids is 1. The van der Waals surface area contributed by atoms with Gasteiger partial charge in [0.15, 0.2) is 0 Å². The molecule has 14 heteroatoms. The molecule has 0 spiro atoms. The zero-order valence-corrected chi connectivity index (χ0v) is 45.2. The molecular weight excluding hydrogens is 937 g/mol. The normalized spacial score (nSPS) is 11.8. The molecule has 1 aliphatic carbocycles. The SMILES string of the molecule is CCCCC(=O)Nc1cc2c(OCCC)c(c1)Cc1cc(NC(=O)CCCC)cc(c1OCCC)Cc1cc(NC(=O)CCCC(=O)O)cc(c1OCCC)Cc1cc(NC(=O)CCCC)cc(c1OCCC)C2. The van der Waals surface area contributed by atoms with Crippen molar-refractivity contribution in [3.63, 3.8) is 0 Å². The van der Waals surface area contributed by atoms with Crippen LogP contribution in [0.3, 0.4) is 0 Å². The number of unbranched alkanes of at least 4 members (excludes halogenated alkanes) is 3. The van der Waals surface area contributed by atoms with Crippen LogP contribution in [0.15, 0.2) is 48.5 Å². The predicted molar refractivity (Wildman–Crippen MR) is 295 cm³/mol. The van der Waals surface area contributed by atoms with Crippen molar-refractivity contribution in [2.45, 2.75) is 177 Å². The number of carbonyl (C=O) groups excluding carboxylic acids is 4. The Balaban J connectivity index is 1.94. The quantitative estimate of drug-likeness (QED) is 0.0308. The van der Waals surface area contributed by atoms with Gasteiger partial charge in [-0.1, -0.05) is 67.7 Å². The van der Waals surface area contributed by atoms with E-state index in [2.05, 4.69) is 62.8 Å². The summed E-state index contributed by atoms with van der Waals surface area (Å²) in [6.45, 7) is 16.0. The van der Waals surface area contributed by atoms with Crippen LogP contribution in [0.1, 0.15) is 196 Å². The molecule has 0 saturated carbocycles. The van der Waals surface area contributed by atoms with Crippen molar-refractivity contribution in [1.29, 1.82) is 0 Å². The molecule has 0 heterocycles. The fraction of sp³-hybridized carbons (Fsp3) is 0.517. The second-order valence-corrected chi connectivity index (χ2v) is 19.3. The molecule has 0 aromatic heterocycles. The summed E-state index contributed by atoms with van der Waals surface area (Å²) in [6.07, 6.45) is 9.94. The second-order valence-electron chi connectivity index (χ2n) is 19.3. The molecule has 0 aliphatic heterocycles. The van der Waals surface area contributed by atoms with Gasteiger partial charge in [-0.15, -0.1) is 0 Å². The van der Waals surface area contributed by atoms with Gasteiger partial charge in [-0.25, -0.2) is 0 Å². The average molecular weight is 1020 g/mol. The number of carboxylic acid groups (broad SMARTS) is 1. The highest BCUT2D eigenvalue weighted by Crippen LogP contribution is 2.43. The van der Waals surface area contributed by atoms with Crippen molar-refractivity contribution in [3.05, 3.63) is 93.0 Å². The number of hydrogen-bond acceptors (Lipinski definition) is 9. The van der Waals surface area contributed by atoms with Gasteiger partial charge in [0.1, 0.15) is 23.0 Å². The number of benzene rings is 4. The first-order valence-corrected chi connectivity index (χ1v) is 27.4. The summed E-state index contributed by atoms with van der Waals surface area (Å²) in [5, 5.41) is 22.0. The van der Waals surface area contributed by atoms with E-state index >= 15 is 0 Å². The summed E-state index contributed by atoms with van der Waals surface area (Å²) in [6, 6.07) is 15.6. The number of amides is 4. The molecule has 4 aromatic rings. The van der Waals surface area contributed by atoms with Gasteiger partial charge in [0, 0.05) is 125 Å². The van der Waals surface area contributed by atoms with Crippen LogP contribution in [0.4, 0.5) is 22.7 Å². The highest BCUT2D eigenvalue weighted by Gasteiger charge is 2.26. The lowest BCUT2D eigenvalue weighted by Gasteiger charge is -2.25. The lowest BCUT2D eigenvalue weighted by molar-refractivity contribution is -0.137. The van der Waals surface area contributed by atoms with Crippen LogP contribution in [0.2, 0.25) is 0 Å². The van der Waals surface area contributed by atoms with E-state index in [4.69, 9.17) is 18.9 Å². The Labute approximate surface area is 439 Å². The smallest absolute Gasteiger partial charge is 0.303 e. The van der Waals surface area contributed by atoms with Gasteiger partial charge in [0.25, 0.3) is 0 Å². The third-order valence-corrected chi connectivity index (χ3v) is 12.5. The monoisotopic (exact) mass is 1020 g/mol. The number of rotatable bonds is 29. The maximum atomic E-state index is 13.6. The number of aliphatic carboxylic acids is 1. The molecule has 402 valence electrons. The summed E-state index contributed by atoms with van der Waals surface area (Å²) in [5.41, 5.74) is 8.55. The Morgan fingerprint density at radius 1 is 0.351 bits per heavy atom. The van der Waals surface area contributed by atoms with E-state index < -0.39 is 5.97 Å². The molecule has 5 N–H and O–H groups in total. The van der Waals surface area contributed by atoms with Crippen LogP contribution < -0.4 is 40.2 Å². The van der Waals surface area contributed by atoms with E-state index in [1.54, 1.807) is 0 Å². The third kappa shape index (κ3) is 17.8. The van der Waals surface area contributed by atoms with E-state index in [-0.39, 0.29) is 55.7 Å². The van der Waals surface area contributed by atoms with E-state index in [1.165, 1.54) is 0 Å². The fourth-order valence-corrected chi connectivity index (χ4v) is 9.04. The Bertz CT molecular complexity index is 2410. The van der Waals surface area contributed by atoms with Crippen molar-refractivity contribution >= 4 is 52.3 Å². The Kier molecular flexibility index (Phi) is 24.1.